The molecule has 0 aliphatic carbocycles. The Morgan fingerprint density at radius 1 is 1.28 bits per heavy atom. The molecule has 0 saturated carbocycles. The van der Waals surface area contributed by atoms with Crippen molar-refractivity contribution in [2.75, 3.05) is 13.1 Å². The summed E-state index contributed by atoms with van der Waals surface area (Å²) in [6, 6.07) is 6.94. The first-order chi connectivity index (χ1) is 18.5. The predicted octanol–water partition coefficient (Wildman–Crippen LogP) is 4.43. The third kappa shape index (κ3) is 5.25. The van der Waals surface area contributed by atoms with Crippen LogP contribution in [0.1, 0.15) is 33.6 Å². The number of amides is 2. The van der Waals surface area contributed by atoms with Crippen LogP contribution in [-0.4, -0.2) is 60.8 Å². The number of H-pyrrole nitrogens is 1. The Kier molecular flexibility index (Phi) is 6.91. The molecule has 2 N–H and O–H groups in total. The van der Waals surface area contributed by atoms with E-state index in [0.29, 0.717) is 53.5 Å². The highest BCUT2D eigenvalue weighted by Gasteiger charge is 2.37. The normalized spacial score (nSPS) is 15.3. The van der Waals surface area contributed by atoms with E-state index in [0.717, 1.165) is 10.9 Å². The molecular weight excluding hydrogens is 520 g/mol. The lowest BCUT2D eigenvalue weighted by Gasteiger charge is -2.37. The van der Waals surface area contributed by atoms with Crippen molar-refractivity contribution in [2.24, 2.45) is 18.4 Å². The molecule has 0 bridgehead atoms. The Balaban J connectivity index is 1.37. The van der Waals surface area contributed by atoms with Gasteiger partial charge in [-0.15, -0.1) is 0 Å². The fourth-order valence-corrected chi connectivity index (χ4v) is 4.95. The van der Waals surface area contributed by atoms with Gasteiger partial charge in [0.2, 0.25) is 5.91 Å². The Hall–Kier alpha value is -4.17. The largest absolute Gasteiger partial charge is 0.413 e. The van der Waals surface area contributed by atoms with E-state index in [9.17, 15) is 9.59 Å². The number of hydrogen-bond acceptors (Lipinski definition) is 7. The molecule has 12 heteroatoms. The van der Waals surface area contributed by atoms with Gasteiger partial charge >= 0.3 is 6.09 Å². The van der Waals surface area contributed by atoms with Gasteiger partial charge in [0.25, 0.3) is 0 Å². The van der Waals surface area contributed by atoms with E-state index < -0.39 is 17.6 Å². The van der Waals surface area contributed by atoms with Gasteiger partial charge in [0.15, 0.2) is 16.9 Å². The number of piperidine rings is 1. The first-order valence-electron chi connectivity index (χ1n) is 12.7. The summed E-state index contributed by atoms with van der Waals surface area (Å²) in [5.74, 6) is -0.0659. The number of nitriles is 1. The minimum absolute atomic E-state index is 0.0465. The maximum absolute atomic E-state index is 13.3. The quantitative estimate of drug-likeness (QED) is 0.384. The third-order valence-electron chi connectivity index (χ3n) is 6.97. The van der Waals surface area contributed by atoms with Gasteiger partial charge in [-0.3, -0.25) is 9.48 Å². The van der Waals surface area contributed by atoms with Crippen molar-refractivity contribution in [3.63, 3.8) is 0 Å². The average Bonchev–Trinajstić information content (AvgIpc) is 3.46. The molecule has 2 amide bonds. The average molecular weight is 549 g/mol. The summed E-state index contributed by atoms with van der Waals surface area (Å²) in [6.07, 6.45) is 3.58. The van der Waals surface area contributed by atoms with Crippen LogP contribution in [-0.2, 0) is 11.8 Å². The number of hydrogen-bond donors (Lipinski definition) is 2. The first kappa shape index (κ1) is 26.4. The van der Waals surface area contributed by atoms with Crippen molar-refractivity contribution in [3.8, 4) is 23.2 Å². The lowest BCUT2D eigenvalue weighted by atomic mass is 9.85. The van der Waals surface area contributed by atoms with E-state index >= 15 is 0 Å². The van der Waals surface area contributed by atoms with Crippen molar-refractivity contribution in [2.45, 2.75) is 39.7 Å². The van der Waals surface area contributed by atoms with Crippen LogP contribution in [0.4, 0.5) is 4.79 Å². The summed E-state index contributed by atoms with van der Waals surface area (Å²) in [5.41, 5.74) is 2.19. The minimum atomic E-state index is -0.817. The summed E-state index contributed by atoms with van der Waals surface area (Å²) < 4.78 is 7.34. The third-order valence-corrected chi connectivity index (χ3v) is 7.20. The summed E-state index contributed by atoms with van der Waals surface area (Å²) in [7, 11) is 1.82. The van der Waals surface area contributed by atoms with Gasteiger partial charge in [0, 0.05) is 42.7 Å². The molecule has 1 aliphatic heterocycles. The van der Waals surface area contributed by atoms with E-state index in [-0.39, 0.29) is 17.6 Å². The molecule has 0 unspecified atom stereocenters. The highest BCUT2D eigenvalue weighted by atomic mass is 35.5. The number of carbonyl (C=O) groups excluding carboxylic acids is 2. The van der Waals surface area contributed by atoms with Crippen LogP contribution >= 0.6 is 11.6 Å². The van der Waals surface area contributed by atoms with Crippen LogP contribution in [0.5, 0.6) is 5.75 Å². The van der Waals surface area contributed by atoms with Crippen molar-refractivity contribution >= 4 is 45.7 Å². The van der Waals surface area contributed by atoms with Crippen molar-refractivity contribution in [1.29, 1.82) is 5.26 Å². The number of fused-ring (bicyclic) bond motifs is 2. The van der Waals surface area contributed by atoms with Crippen molar-refractivity contribution in [1.82, 2.24) is 34.9 Å². The first-order valence-corrected chi connectivity index (χ1v) is 13.1. The van der Waals surface area contributed by atoms with Crippen molar-refractivity contribution in [3.05, 3.63) is 35.6 Å². The van der Waals surface area contributed by atoms with Crippen LogP contribution in [0.2, 0.25) is 5.02 Å². The molecule has 4 heterocycles. The summed E-state index contributed by atoms with van der Waals surface area (Å²) >= 11 is 6.16. The van der Waals surface area contributed by atoms with E-state index in [1.165, 1.54) is 6.20 Å². The van der Waals surface area contributed by atoms with E-state index in [2.05, 4.69) is 31.4 Å². The highest BCUT2D eigenvalue weighted by Crippen LogP contribution is 2.31. The molecule has 0 radical (unpaired) electrons. The molecule has 1 aliphatic rings. The molecule has 5 rings (SSSR count). The Labute approximate surface area is 230 Å². The van der Waals surface area contributed by atoms with Gasteiger partial charge in [-0.2, -0.15) is 10.4 Å². The van der Waals surface area contributed by atoms with Crippen molar-refractivity contribution < 1.29 is 14.3 Å². The van der Waals surface area contributed by atoms with Gasteiger partial charge in [-0.25, -0.2) is 14.8 Å². The second kappa shape index (κ2) is 10.2. The van der Waals surface area contributed by atoms with Gasteiger partial charge in [-0.1, -0.05) is 32.4 Å². The number of nitrogens with one attached hydrogen (secondary N) is 2. The smallest absolute Gasteiger partial charge is 0.406 e. The van der Waals surface area contributed by atoms with E-state index in [1.807, 2.05) is 40.0 Å². The number of carbonyl (C=O) groups is 2. The standard InChI is InChI=1S/C27H29ClN8O3/c1-27(2,3)23(25(37)36-9-7-15(12-29)8-10-36)33-26(38)39-20-14-31-24-22(20)32-18(13-30-24)21-17-6-5-16(28)11-19(17)35(4)34-21/h5-6,11,13-15,23H,7-10H2,1-4H3,(H,30,31)(H,33,38)/t23-/m0/s1. The van der Waals surface area contributed by atoms with Crippen LogP contribution in [0, 0.1) is 22.7 Å². The maximum atomic E-state index is 13.3. The predicted molar refractivity (Wildman–Crippen MR) is 146 cm³/mol. The van der Waals surface area contributed by atoms with Crippen LogP contribution in [0.25, 0.3) is 33.5 Å². The number of nitrogens with zero attached hydrogens (tertiary/aromatic N) is 6. The number of likely N-dealkylation sites (tertiary alicyclic amines) is 1. The zero-order chi connectivity index (χ0) is 27.9. The monoisotopic (exact) mass is 548 g/mol. The van der Waals surface area contributed by atoms with E-state index in [1.54, 1.807) is 21.8 Å². The second-order valence-corrected chi connectivity index (χ2v) is 11.2. The van der Waals surface area contributed by atoms with Gasteiger partial charge in [0.1, 0.15) is 17.4 Å². The fraction of sp³-hybridized carbons (Fsp3) is 0.407. The van der Waals surface area contributed by atoms with Crippen LogP contribution in [0.3, 0.4) is 0 Å². The number of aromatic nitrogens is 5. The van der Waals surface area contributed by atoms with Gasteiger partial charge in [0.05, 0.1) is 17.8 Å². The zero-order valence-corrected chi connectivity index (χ0v) is 22.9. The number of rotatable bonds is 4. The van der Waals surface area contributed by atoms with Crippen LogP contribution < -0.4 is 10.1 Å². The molecule has 39 heavy (non-hydrogen) atoms. The molecule has 1 fully saturated rings. The molecule has 11 nitrogen and oxygen atoms in total. The number of aryl methyl sites for hydroxylation is 1. The number of aromatic amines is 1. The summed E-state index contributed by atoms with van der Waals surface area (Å²) in [4.78, 5) is 40.2. The molecule has 202 valence electrons. The SMILES string of the molecule is Cn1nc(-c2cnc3[nH]cc(OC(=O)N[C@@H](C(=O)N4CCC(C#N)CC4)C(C)(C)C)c3n2)c2ccc(Cl)cc21. The highest BCUT2D eigenvalue weighted by molar-refractivity contribution is 6.31. The number of halogens is 1. The maximum Gasteiger partial charge on any atom is 0.413 e. The lowest BCUT2D eigenvalue weighted by Crippen LogP contribution is -2.56. The molecule has 1 atom stereocenters. The molecule has 1 aromatic carbocycles. The molecule has 4 aromatic rings. The molecule has 3 aromatic heterocycles. The molecule has 1 saturated heterocycles. The number of benzene rings is 1. The lowest BCUT2D eigenvalue weighted by molar-refractivity contribution is -0.137. The van der Waals surface area contributed by atoms with Gasteiger partial charge in [-0.05, 0) is 36.5 Å². The molecular formula is C27H29ClN8O3. The van der Waals surface area contributed by atoms with Crippen LogP contribution in [0.15, 0.2) is 30.6 Å². The number of ether oxygens (including phenoxy) is 1. The Morgan fingerprint density at radius 2 is 2.03 bits per heavy atom. The zero-order valence-electron chi connectivity index (χ0n) is 22.2. The fourth-order valence-electron chi connectivity index (χ4n) is 4.79. The summed E-state index contributed by atoms with van der Waals surface area (Å²) in [6.45, 7) is 6.61. The molecule has 0 spiro atoms. The summed E-state index contributed by atoms with van der Waals surface area (Å²) in [5, 5.41) is 18.0. The van der Waals surface area contributed by atoms with E-state index in [4.69, 9.17) is 21.6 Å². The Morgan fingerprint density at radius 3 is 2.72 bits per heavy atom. The second-order valence-electron chi connectivity index (χ2n) is 10.8. The Bertz CT molecular complexity index is 1610. The topological polar surface area (TPSA) is 142 Å². The minimum Gasteiger partial charge on any atom is -0.406 e. The van der Waals surface area contributed by atoms with Gasteiger partial charge < -0.3 is 19.9 Å².